The summed E-state index contributed by atoms with van der Waals surface area (Å²) >= 11 is 1.62. The number of amides is 3. The third-order valence-corrected chi connectivity index (χ3v) is 6.13. The Hall–Kier alpha value is -2.55. The van der Waals surface area contributed by atoms with Gasteiger partial charge in [0, 0.05) is 25.8 Å². The van der Waals surface area contributed by atoms with Gasteiger partial charge in [-0.3, -0.25) is 19.3 Å². The summed E-state index contributed by atoms with van der Waals surface area (Å²) in [6.45, 7) is 4.17. The lowest BCUT2D eigenvalue weighted by atomic mass is 9.86. The number of nitrogens with one attached hydrogen (secondary N) is 1. The molecule has 9 heteroatoms. The Balaban J connectivity index is 2.63. The van der Waals surface area contributed by atoms with E-state index in [9.17, 15) is 24.3 Å². The molecule has 0 aliphatic heterocycles. The first-order valence-corrected chi connectivity index (χ1v) is 11.8. The molecule has 0 saturated carbocycles. The first kappa shape index (κ1) is 27.5. The molecule has 0 heterocycles. The molecule has 3 amide bonds. The number of hydrogen-bond donors (Lipinski definition) is 2. The molecule has 178 valence electrons. The van der Waals surface area contributed by atoms with E-state index in [0.29, 0.717) is 12.2 Å². The van der Waals surface area contributed by atoms with Crippen LogP contribution in [0, 0.1) is 17.8 Å². The number of ether oxygens (including phenoxy) is 1. The smallest absolute Gasteiger partial charge is 0.415 e. The fourth-order valence-corrected chi connectivity index (χ4v) is 4.48. The lowest BCUT2D eigenvalue weighted by Gasteiger charge is -2.25. The third kappa shape index (κ3) is 9.72. The molecule has 0 spiro atoms. The first-order chi connectivity index (χ1) is 15.2. The number of hydrogen-bond acceptors (Lipinski definition) is 6. The van der Waals surface area contributed by atoms with Crippen molar-refractivity contribution in [1.82, 2.24) is 10.2 Å². The number of carbonyl (C=O) groups excluding carboxylic acids is 3. The maximum absolute atomic E-state index is 12.7. The maximum atomic E-state index is 12.7. The number of thioether (sulfide) groups is 1. The number of carboxylic acids is 1. The molecule has 1 rings (SSSR count). The van der Waals surface area contributed by atoms with Gasteiger partial charge in [0.05, 0.1) is 7.11 Å². The Morgan fingerprint density at radius 1 is 1.16 bits per heavy atom. The molecule has 32 heavy (non-hydrogen) atoms. The van der Waals surface area contributed by atoms with Crippen molar-refractivity contribution in [3.63, 3.8) is 0 Å². The van der Waals surface area contributed by atoms with Gasteiger partial charge in [0.25, 0.3) is 0 Å². The van der Waals surface area contributed by atoms with Crippen LogP contribution in [0.4, 0.5) is 4.79 Å². The molecule has 0 radical (unpaired) electrons. The van der Waals surface area contributed by atoms with Gasteiger partial charge in [-0.15, -0.1) is 0 Å². The molecule has 2 atom stereocenters. The van der Waals surface area contributed by atoms with Crippen LogP contribution in [0.5, 0.6) is 0 Å². The quantitative estimate of drug-likeness (QED) is 0.338. The zero-order chi connectivity index (χ0) is 24.1. The Labute approximate surface area is 194 Å². The van der Waals surface area contributed by atoms with Crippen LogP contribution < -0.4 is 5.32 Å². The number of aliphatic carboxylic acids is 1. The predicted molar refractivity (Wildman–Crippen MR) is 124 cm³/mol. The van der Waals surface area contributed by atoms with Crippen LogP contribution in [-0.2, 0) is 24.9 Å². The largest absolute Gasteiger partial charge is 0.481 e. The minimum absolute atomic E-state index is 0.0337. The molecule has 0 bridgehead atoms. The summed E-state index contributed by atoms with van der Waals surface area (Å²) in [7, 11) is 2.50. The number of benzene rings is 1. The van der Waals surface area contributed by atoms with E-state index >= 15 is 0 Å². The normalized spacial score (nSPS) is 12.7. The maximum Gasteiger partial charge on any atom is 0.415 e. The van der Waals surface area contributed by atoms with Crippen molar-refractivity contribution >= 4 is 35.6 Å². The van der Waals surface area contributed by atoms with Crippen LogP contribution in [-0.4, -0.2) is 60.3 Å². The van der Waals surface area contributed by atoms with Crippen LogP contribution in [0.3, 0.4) is 0 Å². The van der Waals surface area contributed by atoms with Gasteiger partial charge >= 0.3 is 12.1 Å². The second-order valence-electron chi connectivity index (χ2n) is 8.02. The molecular formula is C23H34N2O6S. The van der Waals surface area contributed by atoms with Gasteiger partial charge in [-0.2, -0.15) is 11.8 Å². The van der Waals surface area contributed by atoms with Crippen molar-refractivity contribution in [3.05, 3.63) is 35.9 Å². The zero-order valence-corrected chi connectivity index (χ0v) is 20.0. The minimum Gasteiger partial charge on any atom is -0.481 e. The van der Waals surface area contributed by atoms with Gasteiger partial charge in [-0.05, 0) is 36.0 Å². The monoisotopic (exact) mass is 466 g/mol. The summed E-state index contributed by atoms with van der Waals surface area (Å²) in [5.41, 5.74) is 1.15. The molecule has 0 aliphatic rings. The highest BCUT2D eigenvalue weighted by atomic mass is 32.2. The molecule has 0 saturated heterocycles. The predicted octanol–water partition coefficient (Wildman–Crippen LogP) is 3.40. The number of carbonyl (C=O) groups is 4. The van der Waals surface area contributed by atoms with Crippen molar-refractivity contribution in [1.29, 1.82) is 0 Å². The third-order valence-electron chi connectivity index (χ3n) is 4.93. The van der Waals surface area contributed by atoms with Crippen molar-refractivity contribution in [2.45, 2.75) is 38.9 Å². The number of imide groups is 1. The molecule has 8 nitrogen and oxygen atoms in total. The number of rotatable bonds is 13. The molecule has 0 aromatic heterocycles. The summed E-state index contributed by atoms with van der Waals surface area (Å²) in [6.07, 6.45) is 0.186. The fourth-order valence-electron chi connectivity index (χ4n) is 3.30. The van der Waals surface area contributed by atoms with Crippen LogP contribution >= 0.6 is 11.8 Å². The molecule has 2 N–H and O–H groups in total. The average Bonchev–Trinajstić information content (AvgIpc) is 2.75. The second-order valence-corrected chi connectivity index (χ2v) is 9.05. The molecule has 1 aromatic carbocycles. The van der Waals surface area contributed by atoms with Crippen molar-refractivity contribution < 1.29 is 29.0 Å². The average molecular weight is 467 g/mol. The van der Waals surface area contributed by atoms with Gasteiger partial charge < -0.3 is 15.2 Å². The van der Waals surface area contributed by atoms with Crippen LogP contribution in [0.25, 0.3) is 0 Å². The fraction of sp³-hybridized carbons (Fsp3) is 0.565. The van der Waals surface area contributed by atoms with Crippen LogP contribution in [0.1, 0.15) is 38.7 Å². The van der Waals surface area contributed by atoms with Gasteiger partial charge in [0.2, 0.25) is 11.8 Å². The summed E-state index contributed by atoms with van der Waals surface area (Å²) in [5, 5.41) is 12.4. The molecule has 1 aromatic rings. The van der Waals surface area contributed by atoms with Crippen LogP contribution in [0.2, 0.25) is 0 Å². The number of nitrogens with zero attached hydrogens (tertiary/aromatic N) is 1. The summed E-state index contributed by atoms with van der Waals surface area (Å²) in [5.74, 6) is -2.04. The highest BCUT2D eigenvalue weighted by Crippen LogP contribution is 2.27. The Bertz CT molecular complexity index is 756. The molecular weight excluding hydrogens is 432 g/mol. The van der Waals surface area contributed by atoms with E-state index in [1.165, 1.54) is 14.2 Å². The topological polar surface area (TPSA) is 113 Å². The van der Waals surface area contributed by atoms with E-state index in [1.807, 2.05) is 44.2 Å². The molecule has 0 unspecified atom stereocenters. The summed E-state index contributed by atoms with van der Waals surface area (Å²) < 4.78 is 4.48. The standard InChI is InChI=1S/C23H34N2O6S/c1-16(2)13-18(15-32-14-17-9-6-5-7-10-17)20(22(28)29)21(27)24-12-8-11-19(26)25(3)23(30)31-4/h5-7,9-10,16,18,20H,8,11-15H2,1-4H3,(H,24,27)(H,28,29)/t18-,20-/m0/s1. The minimum atomic E-state index is -1.16. The highest BCUT2D eigenvalue weighted by molar-refractivity contribution is 7.98. The second kappa shape index (κ2) is 14.5. The van der Waals surface area contributed by atoms with Crippen molar-refractivity contribution in [2.24, 2.45) is 17.8 Å². The van der Waals surface area contributed by atoms with E-state index in [4.69, 9.17) is 0 Å². The van der Waals surface area contributed by atoms with Gasteiger partial charge in [0.15, 0.2) is 0 Å². The van der Waals surface area contributed by atoms with E-state index in [1.54, 1.807) is 11.8 Å². The summed E-state index contributed by atoms with van der Waals surface area (Å²) in [4.78, 5) is 48.8. The van der Waals surface area contributed by atoms with E-state index in [-0.39, 0.29) is 31.2 Å². The Morgan fingerprint density at radius 3 is 2.38 bits per heavy atom. The lowest BCUT2D eigenvalue weighted by molar-refractivity contribution is -0.149. The molecule has 0 fully saturated rings. The highest BCUT2D eigenvalue weighted by Gasteiger charge is 2.35. The SMILES string of the molecule is COC(=O)N(C)C(=O)CCCNC(=O)[C@@H](C(=O)O)[C@H](CSCc1ccccc1)CC(C)C. The van der Waals surface area contributed by atoms with Crippen molar-refractivity contribution in [2.75, 3.05) is 26.5 Å². The Kier molecular flexibility index (Phi) is 12.5. The zero-order valence-electron chi connectivity index (χ0n) is 19.2. The number of methoxy groups -OCH3 is 1. The number of carboxylic acid groups (broad SMARTS) is 1. The lowest BCUT2D eigenvalue weighted by Crippen LogP contribution is -2.41. The van der Waals surface area contributed by atoms with Gasteiger partial charge in [-0.25, -0.2) is 4.79 Å². The van der Waals surface area contributed by atoms with E-state index in [0.717, 1.165) is 16.2 Å². The van der Waals surface area contributed by atoms with Crippen molar-refractivity contribution in [3.8, 4) is 0 Å². The first-order valence-electron chi connectivity index (χ1n) is 10.6. The molecule has 0 aliphatic carbocycles. The Morgan fingerprint density at radius 2 is 1.81 bits per heavy atom. The van der Waals surface area contributed by atoms with E-state index < -0.39 is 29.8 Å². The van der Waals surface area contributed by atoms with E-state index in [2.05, 4.69) is 10.1 Å². The van der Waals surface area contributed by atoms with Gasteiger partial charge in [-0.1, -0.05) is 44.2 Å². The summed E-state index contributed by atoms with van der Waals surface area (Å²) in [6, 6.07) is 9.91. The van der Waals surface area contributed by atoms with Gasteiger partial charge in [0.1, 0.15) is 5.92 Å². The van der Waals surface area contributed by atoms with Crippen LogP contribution in [0.15, 0.2) is 30.3 Å².